The quantitative estimate of drug-likeness (QED) is 0.779. The molecule has 0 bridgehead atoms. The Morgan fingerprint density at radius 2 is 2.32 bits per heavy atom. The minimum atomic E-state index is -0.572. The molecule has 0 aromatic carbocycles. The second kappa shape index (κ2) is 3.88. The molecule has 0 aromatic heterocycles. The van der Waals surface area contributed by atoms with Crippen molar-refractivity contribution in [2.75, 3.05) is 6.54 Å². The van der Waals surface area contributed by atoms with E-state index >= 15 is 0 Å². The number of epoxide rings is 1. The second-order valence-electron chi connectivity index (χ2n) is 6.13. The van der Waals surface area contributed by atoms with Gasteiger partial charge in [-0.1, -0.05) is 6.92 Å². The van der Waals surface area contributed by atoms with Gasteiger partial charge in [-0.05, 0) is 32.8 Å². The van der Waals surface area contributed by atoms with Gasteiger partial charge in [0.05, 0.1) is 18.3 Å². The average molecular weight is 267 g/mol. The molecule has 0 radical (unpaired) electrons. The highest BCUT2D eigenvalue weighted by Gasteiger charge is 2.74. The van der Waals surface area contributed by atoms with Gasteiger partial charge in [-0.25, -0.2) is 4.79 Å². The molecule has 5 nitrogen and oxygen atoms in total. The van der Waals surface area contributed by atoms with Crippen LogP contribution in [0.2, 0.25) is 0 Å². The van der Waals surface area contributed by atoms with Crippen molar-refractivity contribution in [2.24, 2.45) is 11.3 Å². The fourth-order valence-corrected chi connectivity index (χ4v) is 3.68. The van der Waals surface area contributed by atoms with E-state index in [9.17, 15) is 4.79 Å². The lowest BCUT2D eigenvalue weighted by molar-refractivity contribution is -0.156. The number of carbonyl (C=O) groups excluding carboxylic acids is 1. The minimum absolute atomic E-state index is 0.00687. The van der Waals surface area contributed by atoms with Gasteiger partial charge in [-0.3, -0.25) is 0 Å². The molecule has 0 aromatic rings. The van der Waals surface area contributed by atoms with Crippen molar-refractivity contribution in [3.8, 4) is 0 Å². The van der Waals surface area contributed by atoms with Crippen LogP contribution in [0.3, 0.4) is 0 Å². The van der Waals surface area contributed by atoms with Crippen molar-refractivity contribution in [2.45, 2.75) is 52.1 Å². The first-order valence-corrected chi connectivity index (χ1v) is 6.87. The number of allylic oxidation sites excluding steroid dienone is 1. The third-order valence-corrected chi connectivity index (χ3v) is 4.99. The molecule has 2 aliphatic heterocycles. The molecular weight excluding hydrogens is 246 g/mol. The van der Waals surface area contributed by atoms with E-state index in [0.717, 1.165) is 6.42 Å². The molecule has 0 unspecified atom stereocenters. The summed E-state index contributed by atoms with van der Waals surface area (Å²) >= 11 is 0. The zero-order valence-electron chi connectivity index (χ0n) is 11.9. The minimum Gasteiger partial charge on any atom is -0.462 e. The van der Waals surface area contributed by atoms with E-state index in [1.807, 2.05) is 6.92 Å². The van der Waals surface area contributed by atoms with Crippen molar-refractivity contribution in [1.29, 1.82) is 0 Å². The van der Waals surface area contributed by atoms with Crippen LogP contribution in [0.4, 0.5) is 4.79 Å². The van der Waals surface area contributed by atoms with Gasteiger partial charge in [-0.15, -0.1) is 0 Å². The van der Waals surface area contributed by atoms with E-state index in [1.54, 1.807) is 6.26 Å². The summed E-state index contributed by atoms with van der Waals surface area (Å²) in [5.74, 6) is 0.0533. The standard InChI is InChI=1S/C14H21NO4/c1-5-15-12(16)18-11-10-13(3,8(2)7-17-11)6-9-14(10,4)19-9/h7,9-11H,5-6H2,1-4H3,(H,15,16)/t9-,10-,11-,13+,14-/m0/s1. The van der Waals surface area contributed by atoms with Crippen LogP contribution < -0.4 is 5.32 Å². The zero-order valence-corrected chi connectivity index (χ0v) is 11.9. The molecule has 3 rings (SSSR count). The van der Waals surface area contributed by atoms with Gasteiger partial charge in [0.25, 0.3) is 6.29 Å². The monoisotopic (exact) mass is 267 g/mol. The van der Waals surface area contributed by atoms with Gasteiger partial charge in [0.2, 0.25) is 0 Å². The number of ether oxygens (including phenoxy) is 3. The zero-order chi connectivity index (χ0) is 13.8. The number of hydrogen-bond acceptors (Lipinski definition) is 4. The number of fused-ring (bicyclic) bond motifs is 3. The number of carbonyl (C=O) groups is 1. The Balaban J connectivity index is 1.84. The van der Waals surface area contributed by atoms with Crippen LogP contribution in [-0.2, 0) is 14.2 Å². The van der Waals surface area contributed by atoms with Gasteiger partial charge < -0.3 is 19.5 Å². The highest BCUT2D eigenvalue weighted by molar-refractivity contribution is 5.67. The average Bonchev–Trinajstić information content (AvgIpc) is 2.88. The summed E-state index contributed by atoms with van der Waals surface area (Å²) in [7, 11) is 0. The van der Waals surface area contributed by atoms with Gasteiger partial charge in [0.15, 0.2) is 0 Å². The third kappa shape index (κ3) is 1.67. The van der Waals surface area contributed by atoms with Crippen LogP contribution in [0.15, 0.2) is 11.8 Å². The first kappa shape index (κ1) is 12.8. The van der Waals surface area contributed by atoms with Crippen LogP contribution in [0.1, 0.15) is 34.1 Å². The van der Waals surface area contributed by atoms with Crippen molar-refractivity contribution in [1.82, 2.24) is 5.32 Å². The lowest BCUT2D eigenvalue weighted by atomic mass is 9.70. The molecule has 2 heterocycles. The van der Waals surface area contributed by atoms with Crippen molar-refractivity contribution < 1.29 is 19.0 Å². The molecule has 19 heavy (non-hydrogen) atoms. The van der Waals surface area contributed by atoms with Gasteiger partial charge in [0, 0.05) is 12.0 Å². The van der Waals surface area contributed by atoms with E-state index in [4.69, 9.17) is 14.2 Å². The van der Waals surface area contributed by atoms with Gasteiger partial charge >= 0.3 is 6.09 Å². The van der Waals surface area contributed by atoms with Crippen LogP contribution in [-0.4, -0.2) is 30.6 Å². The van der Waals surface area contributed by atoms with E-state index in [-0.39, 0.29) is 23.0 Å². The van der Waals surface area contributed by atoms with Crippen LogP contribution >= 0.6 is 0 Å². The highest BCUT2D eigenvalue weighted by Crippen LogP contribution is 2.66. The van der Waals surface area contributed by atoms with Crippen LogP contribution in [0.5, 0.6) is 0 Å². The van der Waals surface area contributed by atoms with Crippen molar-refractivity contribution in [3.05, 3.63) is 11.8 Å². The smallest absolute Gasteiger partial charge is 0.410 e. The molecule has 106 valence electrons. The summed E-state index contributed by atoms with van der Waals surface area (Å²) in [4.78, 5) is 11.6. The number of hydrogen-bond donors (Lipinski definition) is 1. The summed E-state index contributed by atoms with van der Waals surface area (Å²) in [6.45, 7) is 8.76. The third-order valence-electron chi connectivity index (χ3n) is 4.99. The summed E-state index contributed by atoms with van der Waals surface area (Å²) in [6.07, 6.45) is 1.95. The molecule has 3 aliphatic rings. The Morgan fingerprint density at radius 3 is 3.00 bits per heavy atom. The molecule has 1 saturated heterocycles. The highest BCUT2D eigenvalue weighted by atomic mass is 16.7. The number of amides is 1. The Labute approximate surface area is 113 Å². The number of rotatable bonds is 2. The Kier molecular flexibility index (Phi) is 2.61. The molecule has 5 heteroatoms. The fourth-order valence-electron chi connectivity index (χ4n) is 3.68. The predicted molar refractivity (Wildman–Crippen MR) is 68.3 cm³/mol. The lowest BCUT2D eigenvalue weighted by Crippen LogP contribution is -2.48. The molecule has 0 spiro atoms. The summed E-state index contributed by atoms with van der Waals surface area (Å²) < 4.78 is 16.8. The molecule has 2 fully saturated rings. The topological polar surface area (TPSA) is 60.1 Å². The second-order valence-corrected chi connectivity index (χ2v) is 6.13. The van der Waals surface area contributed by atoms with Crippen LogP contribution in [0, 0.1) is 11.3 Å². The largest absolute Gasteiger partial charge is 0.462 e. The molecule has 1 amide bonds. The van der Waals surface area contributed by atoms with Crippen LogP contribution in [0.25, 0.3) is 0 Å². The Hall–Kier alpha value is -1.23. The normalized spacial score (nSPS) is 46.5. The Bertz CT molecular complexity index is 449. The Morgan fingerprint density at radius 1 is 1.58 bits per heavy atom. The summed E-state index contributed by atoms with van der Waals surface area (Å²) in [5.41, 5.74) is 0.972. The first-order chi connectivity index (χ1) is 8.91. The SMILES string of the molecule is CCNC(=O)O[C@@H]1OC=C(C)[C@@]2(C)C[C@@H]3O[C@]3(C)[C@@H]12. The maximum atomic E-state index is 11.6. The molecule has 1 N–H and O–H groups in total. The first-order valence-electron chi connectivity index (χ1n) is 6.87. The summed E-state index contributed by atoms with van der Waals surface area (Å²) in [5, 5.41) is 2.63. The maximum absolute atomic E-state index is 11.6. The lowest BCUT2D eigenvalue weighted by Gasteiger charge is -2.43. The fraction of sp³-hybridized carbons (Fsp3) is 0.786. The van der Waals surface area contributed by atoms with Gasteiger partial charge in [0.1, 0.15) is 5.60 Å². The van der Waals surface area contributed by atoms with Crippen molar-refractivity contribution in [3.63, 3.8) is 0 Å². The summed E-state index contributed by atoms with van der Waals surface area (Å²) in [6, 6.07) is 0. The van der Waals surface area contributed by atoms with E-state index in [1.165, 1.54) is 5.57 Å². The van der Waals surface area contributed by atoms with Gasteiger partial charge in [-0.2, -0.15) is 0 Å². The van der Waals surface area contributed by atoms with E-state index in [0.29, 0.717) is 6.54 Å². The number of alkyl carbamates (subject to hydrolysis) is 1. The van der Waals surface area contributed by atoms with E-state index < -0.39 is 12.4 Å². The molecule has 1 aliphatic carbocycles. The van der Waals surface area contributed by atoms with E-state index in [2.05, 4.69) is 26.1 Å². The molecular formula is C14H21NO4. The predicted octanol–water partition coefficient (Wildman–Crippen LogP) is 2.18. The number of nitrogens with one attached hydrogen (secondary N) is 1. The van der Waals surface area contributed by atoms with Crippen molar-refractivity contribution >= 4 is 6.09 Å². The molecule has 1 saturated carbocycles. The maximum Gasteiger partial charge on any atom is 0.410 e. The molecule has 5 atom stereocenters.